The Morgan fingerprint density at radius 2 is 1.95 bits per heavy atom. The van der Waals surface area contributed by atoms with Crippen molar-refractivity contribution in [3.8, 4) is 11.5 Å². The first-order valence-corrected chi connectivity index (χ1v) is 6.74. The second-order valence-corrected chi connectivity index (χ2v) is 5.21. The average molecular weight is 337 g/mol. The zero-order valence-electron chi connectivity index (χ0n) is 10.7. The number of benzene rings is 2. The summed E-state index contributed by atoms with van der Waals surface area (Å²) in [5.41, 5.74) is 6.57. The lowest BCUT2D eigenvalue weighted by Gasteiger charge is -2.13. The fourth-order valence-corrected chi connectivity index (χ4v) is 2.14. The highest BCUT2D eigenvalue weighted by Crippen LogP contribution is 2.35. The number of rotatable bonds is 4. The van der Waals surface area contributed by atoms with Gasteiger partial charge in [-0.1, -0.05) is 34.1 Å². The SMILES string of the molecule is CC(N)c1ccccc1Oc1ccc(Br)cc1[N+](=O)[O-]. The van der Waals surface area contributed by atoms with Crippen molar-refractivity contribution >= 4 is 21.6 Å². The number of nitrogens with two attached hydrogens (primary N) is 1. The van der Waals surface area contributed by atoms with Crippen LogP contribution in [0.1, 0.15) is 18.5 Å². The van der Waals surface area contributed by atoms with Gasteiger partial charge in [0.25, 0.3) is 0 Å². The molecule has 0 fully saturated rings. The summed E-state index contributed by atoms with van der Waals surface area (Å²) in [4.78, 5) is 10.6. The minimum atomic E-state index is -0.478. The Bertz CT molecular complexity index is 644. The van der Waals surface area contributed by atoms with Crippen LogP contribution in [0.25, 0.3) is 0 Å². The number of hydrogen-bond acceptors (Lipinski definition) is 4. The molecule has 5 nitrogen and oxygen atoms in total. The molecular weight excluding hydrogens is 324 g/mol. The molecule has 0 aliphatic heterocycles. The summed E-state index contributed by atoms with van der Waals surface area (Å²) in [5.74, 6) is 0.708. The summed E-state index contributed by atoms with van der Waals surface area (Å²) in [7, 11) is 0. The monoisotopic (exact) mass is 336 g/mol. The zero-order chi connectivity index (χ0) is 14.7. The van der Waals surface area contributed by atoms with E-state index < -0.39 is 4.92 Å². The maximum atomic E-state index is 11.1. The second kappa shape index (κ2) is 6.02. The fraction of sp³-hybridized carbons (Fsp3) is 0.143. The van der Waals surface area contributed by atoms with Gasteiger partial charge in [0.05, 0.1) is 4.92 Å². The molecule has 0 heterocycles. The lowest BCUT2D eigenvalue weighted by molar-refractivity contribution is -0.385. The molecule has 0 saturated carbocycles. The highest BCUT2D eigenvalue weighted by atomic mass is 79.9. The Balaban J connectivity index is 2.43. The van der Waals surface area contributed by atoms with Gasteiger partial charge in [-0.3, -0.25) is 10.1 Å². The number of ether oxygens (including phenoxy) is 1. The molecule has 20 heavy (non-hydrogen) atoms. The molecule has 0 bridgehead atoms. The molecule has 2 rings (SSSR count). The zero-order valence-corrected chi connectivity index (χ0v) is 12.3. The summed E-state index contributed by atoms with van der Waals surface area (Å²) >= 11 is 3.21. The molecule has 104 valence electrons. The number of nitro groups is 1. The van der Waals surface area contributed by atoms with Crippen molar-refractivity contribution in [2.75, 3.05) is 0 Å². The maximum Gasteiger partial charge on any atom is 0.312 e. The Hall–Kier alpha value is -1.92. The third-order valence-corrected chi connectivity index (χ3v) is 3.24. The topological polar surface area (TPSA) is 78.4 Å². The van der Waals surface area contributed by atoms with Crippen LogP contribution >= 0.6 is 15.9 Å². The van der Waals surface area contributed by atoms with Gasteiger partial charge >= 0.3 is 5.69 Å². The number of halogens is 1. The third-order valence-electron chi connectivity index (χ3n) is 2.75. The van der Waals surface area contributed by atoms with Crippen molar-refractivity contribution < 1.29 is 9.66 Å². The largest absolute Gasteiger partial charge is 0.450 e. The lowest BCUT2D eigenvalue weighted by atomic mass is 10.1. The van der Waals surface area contributed by atoms with Crippen LogP contribution < -0.4 is 10.5 Å². The highest BCUT2D eigenvalue weighted by Gasteiger charge is 2.18. The standard InChI is InChI=1S/C14H13BrN2O3/c1-9(16)11-4-2-3-5-13(11)20-14-7-6-10(15)8-12(14)17(18)19/h2-9H,16H2,1H3. The van der Waals surface area contributed by atoms with Gasteiger partial charge in [0, 0.05) is 22.1 Å². The van der Waals surface area contributed by atoms with Crippen LogP contribution in [0, 0.1) is 10.1 Å². The fourth-order valence-electron chi connectivity index (χ4n) is 1.79. The van der Waals surface area contributed by atoms with Gasteiger partial charge in [0.2, 0.25) is 5.75 Å². The number of nitro benzene ring substituents is 1. The molecule has 2 aromatic rings. The van der Waals surface area contributed by atoms with Gasteiger partial charge in [-0.25, -0.2) is 0 Å². The Morgan fingerprint density at radius 1 is 1.25 bits per heavy atom. The first-order chi connectivity index (χ1) is 9.49. The van der Waals surface area contributed by atoms with Gasteiger partial charge in [0.1, 0.15) is 5.75 Å². The maximum absolute atomic E-state index is 11.1. The molecule has 2 aromatic carbocycles. The van der Waals surface area contributed by atoms with Crippen molar-refractivity contribution in [2.45, 2.75) is 13.0 Å². The van der Waals surface area contributed by atoms with Gasteiger partial charge in [0.15, 0.2) is 0 Å². The van der Waals surface area contributed by atoms with Crippen molar-refractivity contribution in [1.29, 1.82) is 0 Å². The predicted octanol–water partition coefficient (Wildman–Crippen LogP) is 4.17. The summed E-state index contributed by atoms with van der Waals surface area (Å²) < 4.78 is 6.30. The van der Waals surface area contributed by atoms with E-state index in [2.05, 4.69) is 15.9 Å². The van der Waals surface area contributed by atoms with E-state index in [0.29, 0.717) is 10.2 Å². The van der Waals surface area contributed by atoms with Crippen LogP contribution in [0.3, 0.4) is 0 Å². The number of para-hydroxylation sites is 1. The van der Waals surface area contributed by atoms with E-state index in [0.717, 1.165) is 5.56 Å². The molecule has 0 aliphatic carbocycles. The average Bonchev–Trinajstić information content (AvgIpc) is 2.41. The quantitative estimate of drug-likeness (QED) is 0.671. The van der Waals surface area contributed by atoms with E-state index >= 15 is 0 Å². The third kappa shape index (κ3) is 3.15. The van der Waals surface area contributed by atoms with E-state index in [9.17, 15) is 10.1 Å². The van der Waals surface area contributed by atoms with Crippen molar-refractivity contribution in [3.05, 3.63) is 62.6 Å². The normalized spacial score (nSPS) is 11.9. The molecule has 6 heteroatoms. The summed E-state index contributed by atoms with van der Waals surface area (Å²) in [5, 5.41) is 11.1. The highest BCUT2D eigenvalue weighted by molar-refractivity contribution is 9.10. The minimum absolute atomic E-state index is 0.0983. The van der Waals surface area contributed by atoms with E-state index in [1.54, 1.807) is 24.3 Å². The predicted molar refractivity (Wildman–Crippen MR) is 79.9 cm³/mol. The molecule has 0 aromatic heterocycles. The lowest BCUT2D eigenvalue weighted by Crippen LogP contribution is -2.06. The Labute approximate surface area is 124 Å². The van der Waals surface area contributed by atoms with E-state index in [-0.39, 0.29) is 17.5 Å². The first-order valence-electron chi connectivity index (χ1n) is 5.95. The minimum Gasteiger partial charge on any atom is -0.450 e. The van der Waals surface area contributed by atoms with Gasteiger partial charge in [-0.15, -0.1) is 0 Å². The smallest absolute Gasteiger partial charge is 0.312 e. The number of hydrogen-bond donors (Lipinski definition) is 1. The van der Waals surface area contributed by atoms with E-state index in [1.165, 1.54) is 6.07 Å². The molecule has 0 aliphatic rings. The number of nitrogens with zero attached hydrogens (tertiary/aromatic N) is 1. The summed E-state index contributed by atoms with van der Waals surface area (Å²) in [6, 6.07) is 11.7. The van der Waals surface area contributed by atoms with Crippen LogP contribution in [0.4, 0.5) is 5.69 Å². The van der Waals surface area contributed by atoms with E-state index in [1.807, 2.05) is 19.1 Å². The molecule has 0 saturated heterocycles. The van der Waals surface area contributed by atoms with Crippen molar-refractivity contribution in [2.24, 2.45) is 5.73 Å². The molecular formula is C14H13BrN2O3. The molecule has 0 amide bonds. The van der Waals surface area contributed by atoms with Gasteiger partial charge < -0.3 is 10.5 Å². The van der Waals surface area contributed by atoms with Crippen LogP contribution in [0.5, 0.6) is 11.5 Å². The molecule has 2 N–H and O–H groups in total. The van der Waals surface area contributed by atoms with Crippen LogP contribution in [0.15, 0.2) is 46.9 Å². The summed E-state index contributed by atoms with van der Waals surface area (Å²) in [6.45, 7) is 1.83. The van der Waals surface area contributed by atoms with Crippen LogP contribution in [-0.4, -0.2) is 4.92 Å². The second-order valence-electron chi connectivity index (χ2n) is 4.30. The molecule has 0 radical (unpaired) electrons. The first kappa shape index (κ1) is 14.5. The van der Waals surface area contributed by atoms with Crippen molar-refractivity contribution in [3.63, 3.8) is 0 Å². The van der Waals surface area contributed by atoms with Crippen LogP contribution in [-0.2, 0) is 0 Å². The molecule has 0 spiro atoms. The van der Waals surface area contributed by atoms with Gasteiger partial charge in [-0.05, 0) is 25.1 Å². The summed E-state index contributed by atoms with van der Waals surface area (Å²) in [6.07, 6.45) is 0. The van der Waals surface area contributed by atoms with Crippen LogP contribution in [0.2, 0.25) is 0 Å². The Kier molecular flexibility index (Phi) is 4.36. The molecule has 1 atom stereocenters. The Morgan fingerprint density at radius 3 is 2.60 bits per heavy atom. The molecule has 1 unspecified atom stereocenters. The van der Waals surface area contributed by atoms with Crippen molar-refractivity contribution in [1.82, 2.24) is 0 Å². The van der Waals surface area contributed by atoms with Gasteiger partial charge in [-0.2, -0.15) is 0 Å². The van der Waals surface area contributed by atoms with E-state index in [4.69, 9.17) is 10.5 Å².